The Morgan fingerprint density at radius 3 is 2.50 bits per heavy atom. The van der Waals surface area contributed by atoms with Gasteiger partial charge in [-0.05, 0) is 13.0 Å². The van der Waals surface area contributed by atoms with Crippen LogP contribution < -0.4 is 0 Å². The first-order valence-electron chi connectivity index (χ1n) is 3.44. The van der Waals surface area contributed by atoms with Crippen molar-refractivity contribution in [3.8, 4) is 0 Å². The Balaban J connectivity index is 4.85. The van der Waals surface area contributed by atoms with Crippen molar-refractivity contribution in [3.63, 3.8) is 0 Å². The minimum absolute atomic E-state index is 0.0654. The van der Waals surface area contributed by atoms with Gasteiger partial charge in [-0.2, -0.15) is 0 Å². The number of ether oxygens (including phenoxy) is 1. The molecule has 0 aromatic heterocycles. The van der Waals surface area contributed by atoms with Crippen molar-refractivity contribution >= 4 is 5.97 Å². The highest BCUT2D eigenvalue weighted by Crippen LogP contribution is 2.06. The molecular formula is C9H12O3. The predicted octanol–water partition coefficient (Wildman–Crippen LogP) is 1.73. The summed E-state index contributed by atoms with van der Waals surface area (Å²) in [6, 6.07) is 0. The van der Waals surface area contributed by atoms with Crippen LogP contribution in [0.4, 0.5) is 0 Å². The van der Waals surface area contributed by atoms with Crippen LogP contribution in [0.25, 0.3) is 0 Å². The monoisotopic (exact) mass is 168 g/mol. The molecule has 0 rings (SSSR count). The van der Waals surface area contributed by atoms with Crippen LogP contribution in [0.15, 0.2) is 36.1 Å². The summed E-state index contributed by atoms with van der Waals surface area (Å²) in [5.41, 5.74) is 0.0654. The van der Waals surface area contributed by atoms with Gasteiger partial charge in [0.25, 0.3) is 0 Å². The zero-order valence-electron chi connectivity index (χ0n) is 7.20. The standard InChI is InChI=1S/C9H12O3/c1-4-6-8(10)7(5-2)9(11)12-3/h4-6,10H,2H2,1,3H3/b6-4-,8-7-. The van der Waals surface area contributed by atoms with E-state index in [1.165, 1.54) is 19.3 Å². The molecule has 0 saturated carbocycles. The Morgan fingerprint density at radius 2 is 2.17 bits per heavy atom. The Labute approximate surface area is 71.7 Å². The Bertz CT molecular complexity index is 236. The molecule has 0 radical (unpaired) electrons. The summed E-state index contributed by atoms with van der Waals surface area (Å²) in [6.07, 6.45) is 4.26. The van der Waals surface area contributed by atoms with Crippen molar-refractivity contribution in [1.82, 2.24) is 0 Å². The van der Waals surface area contributed by atoms with Crippen LogP contribution in [0, 0.1) is 0 Å². The molecule has 0 spiro atoms. The van der Waals surface area contributed by atoms with E-state index in [9.17, 15) is 9.90 Å². The van der Waals surface area contributed by atoms with Gasteiger partial charge in [0.2, 0.25) is 0 Å². The van der Waals surface area contributed by atoms with Crippen LogP contribution in [-0.2, 0) is 9.53 Å². The highest BCUT2D eigenvalue weighted by molar-refractivity contribution is 5.92. The van der Waals surface area contributed by atoms with Crippen molar-refractivity contribution in [2.75, 3.05) is 7.11 Å². The largest absolute Gasteiger partial charge is 0.507 e. The minimum Gasteiger partial charge on any atom is -0.507 e. The van der Waals surface area contributed by atoms with Gasteiger partial charge < -0.3 is 9.84 Å². The SMILES string of the molecule is C=C/C(C(=O)OC)=C(O)\C=C/C. The molecule has 0 aliphatic carbocycles. The van der Waals surface area contributed by atoms with Crippen molar-refractivity contribution < 1.29 is 14.6 Å². The van der Waals surface area contributed by atoms with E-state index in [0.29, 0.717) is 0 Å². The summed E-state index contributed by atoms with van der Waals surface area (Å²) < 4.78 is 4.41. The quantitative estimate of drug-likeness (QED) is 0.302. The van der Waals surface area contributed by atoms with Gasteiger partial charge in [-0.25, -0.2) is 4.79 Å². The molecule has 0 unspecified atom stereocenters. The van der Waals surface area contributed by atoms with Crippen LogP contribution in [0.3, 0.4) is 0 Å². The van der Waals surface area contributed by atoms with E-state index in [2.05, 4.69) is 11.3 Å². The third-order valence-electron chi connectivity index (χ3n) is 1.21. The van der Waals surface area contributed by atoms with E-state index in [0.717, 1.165) is 0 Å². The second-order valence-corrected chi connectivity index (χ2v) is 1.99. The third-order valence-corrected chi connectivity index (χ3v) is 1.21. The third kappa shape index (κ3) is 2.62. The number of hydrogen-bond acceptors (Lipinski definition) is 3. The Morgan fingerprint density at radius 1 is 1.58 bits per heavy atom. The molecule has 0 aromatic rings. The Kier molecular flexibility index (Phi) is 4.53. The number of esters is 1. The van der Waals surface area contributed by atoms with Crippen LogP contribution >= 0.6 is 0 Å². The van der Waals surface area contributed by atoms with Crippen LogP contribution in [-0.4, -0.2) is 18.2 Å². The molecule has 0 atom stereocenters. The molecule has 0 heterocycles. The number of aliphatic hydroxyl groups excluding tert-OH is 1. The lowest BCUT2D eigenvalue weighted by molar-refractivity contribution is -0.135. The first-order valence-corrected chi connectivity index (χ1v) is 3.44. The zero-order valence-corrected chi connectivity index (χ0v) is 7.20. The van der Waals surface area contributed by atoms with E-state index in [4.69, 9.17) is 0 Å². The number of carbonyl (C=O) groups is 1. The fourth-order valence-corrected chi connectivity index (χ4v) is 0.650. The maximum absolute atomic E-state index is 10.9. The van der Waals surface area contributed by atoms with Gasteiger partial charge in [-0.1, -0.05) is 18.7 Å². The number of allylic oxidation sites excluding steroid dienone is 2. The van der Waals surface area contributed by atoms with Gasteiger partial charge in [0.05, 0.1) is 7.11 Å². The van der Waals surface area contributed by atoms with E-state index in [-0.39, 0.29) is 11.3 Å². The molecule has 0 bridgehead atoms. The summed E-state index contributed by atoms with van der Waals surface area (Å²) in [6.45, 7) is 5.11. The average molecular weight is 168 g/mol. The highest BCUT2D eigenvalue weighted by atomic mass is 16.5. The maximum atomic E-state index is 10.9. The lowest BCUT2D eigenvalue weighted by atomic mass is 10.2. The fourth-order valence-electron chi connectivity index (χ4n) is 0.650. The van der Waals surface area contributed by atoms with Gasteiger partial charge in [0, 0.05) is 0 Å². The molecule has 0 aliphatic heterocycles. The van der Waals surface area contributed by atoms with Gasteiger partial charge >= 0.3 is 5.97 Å². The zero-order chi connectivity index (χ0) is 9.56. The van der Waals surface area contributed by atoms with Gasteiger partial charge in [-0.15, -0.1) is 0 Å². The summed E-state index contributed by atoms with van der Waals surface area (Å²) in [5, 5.41) is 9.23. The van der Waals surface area contributed by atoms with Crippen LogP contribution in [0.1, 0.15) is 6.92 Å². The molecule has 66 valence electrons. The van der Waals surface area contributed by atoms with Crippen molar-refractivity contribution in [1.29, 1.82) is 0 Å². The number of aliphatic hydroxyl groups is 1. The van der Waals surface area contributed by atoms with Crippen LogP contribution in [0.5, 0.6) is 0 Å². The maximum Gasteiger partial charge on any atom is 0.341 e. The first kappa shape index (κ1) is 10.5. The van der Waals surface area contributed by atoms with Crippen molar-refractivity contribution in [2.45, 2.75) is 6.92 Å². The molecule has 3 heteroatoms. The van der Waals surface area contributed by atoms with Crippen LogP contribution in [0.2, 0.25) is 0 Å². The van der Waals surface area contributed by atoms with Crippen molar-refractivity contribution in [3.05, 3.63) is 36.1 Å². The van der Waals surface area contributed by atoms with Gasteiger partial charge in [0.1, 0.15) is 11.3 Å². The molecule has 12 heavy (non-hydrogen) atoms. The highest BCUT2D eigenvalue weighted by Gasteiger charge is 2.09. The van der Waals surface area contributed by atoms with E-state index in [1.807, 2.05) is 0 Å². The summed E-state index contributed by atoms with van der Waals surface area (Å²) in [5.74, 6) is -0.736. The molecule has 0 aromatic carbocycles. The normalized spacial score (nSPS) is 12.5. The summed E-state index contributed by atoms with van der Waals surface area (Å²) in [4.78, 5) is 10.9. The molecule has 0 aliphatic rings. The molecule has 1 N–H and O–H groups in total. The second-order valence-electron chi connectivity index (χ2n) is 1.99. The number of rotatable bonds is 3. The van der Waals surface area contributed by atoms with E-state index >= 15 is 0 Å². The lowest BCUT2D eigenvalue weighted by Crippen LogP contribution is -2.04. The number of carbonyl (C=O) groups excluding carboxylic acids is 1. The average Bonchev–Trinajstić information content (AvgIpc) is 2.06. The number of hydrogen-bond donors (Lipinski definition) is 1. The second kappa shape index (κ2) is 5.18. The summed E-state index contributed by atoms with van der Waals surface area (Å²) >= 11 is 0. The van der Waals surface area contributed by atoms with Gasteiger partial charge in [-0.3, -0.25) is 0 Å². The first-order chi connectivity index (χ1) is 5.67. The fraction of sp³-hybridized carbons (Fsp3) is 0.222. The van der Waals surface area contributed by atoms with E-state index in [1.54, 1.807) is 13.0 Å². The summed E-state index contributed by atoms with van der Waals surface area (Å²) in [7, 11) is 1.24. The van der Waals surface area contributed by atoms with E-state index < -0.39 is 5.97 Å². The minimum atomic E-state index is -0.597. The van der Waals surface area contributed by atoms with Gasteiger partial charge in [0.15, 0.2) is 0 Å². The molecule has 0 amide bonds. The Hall–Kier alpha value is -1.51. The lowest BCUT2D eigenvalue weighted by Gasteiger charge is -2.00. The molecular weight excluding hydrogens is 156 g/mol. The smallest absolute Gasteiger partial charge is 0.341 e. The molecule has 3 nitrogen and oxygen atoms in total. The topological polar surface area (TPSA) is 46.5 Å². The molecule has 0 saturated heterocycles. The van der Waals surface area contributed by atoms with Crippen molar-refractivity contribution in [2.24, 2.45) is 0 Å². The molecule has 0 fully saturated rings. The number of methoxy groups -OCH3 is 1. The predicted molar refractivity (Wildman–Crippen MR) is 46.7 cm³/mol.